The van der Waals surface area contributed by atoms with Crippen LogP contribution in [-0.2, 0) is 17.6 Å². The summed E-state index contributed by atoms with van der Waals surface area (Å²) in [6.45, 7) is 4.50. The fraction of sp³-hybridized carbons (Fsp3) is 0.409. The van der Waals surface area contributed by atoms with E-state index in [0.717, 1.165) is 25.7 Å². The number of ether oxygens (including phenoxy) is 1. The topological polar surface area (TPSA) is 38.3 Å². The first-order valence-corrected chi connectivity index (χ1v) is 9.18. The Morgan fingerprint density at radius 3 is 2.04 bits per heavy atom. The van der Waals surface area contributed by atoms with Crippen molar-refractivity contribution in [1.29, 1.82) is 0 Å². The molecular weight excluding hydrogens is 310 g/mol. The summed E-state index contributed by atoms with van der Waals surface area (Å²) < 4.78 is 5.06. The van der Waals surface area contributed by atoms with Crippen molar-refractivity contribution in [3.63, 3.8) is 0 Å². The average Bonchev–Trinajstić information content (AvgIpc) is 2.62. The highest BCUT2D eigenvalue weighted by Crippen LogP contribution is 2.17. The number of hydrogen-bond donors (Lipinski definition) is 1. The molecule has 134 valence electrons. The lowest BCUT2D eigenvalue weighted by atomic mass is 9.93. The summed E-state index contributed by atoms with van der Waals surface area (Å²) >= 11 is 0. The van der Waals surface area contributed by atoms with Crippen molar-refractivity contribution >= 4 is 6.09 Å². The van der Waals surface area contributed by atoms with Gasteiger partial charge in [-0.1, -0.05) is 67.6 Å². The number of benzene rings is 2. The molecule has 1 amide bonds. The molecule has 0 bridgehead atoms. The smallest absolute Gasteiger partial charge is 0.407 e. The maximum atomic E-state index is 11.8. The van der Waals surface area contributed by atoms with E-state index in [0.29, 0.717) is 12.5 Å². The monoisotopic (exact) mass is 339 g/mol. The van der Waals surface area contributed by atoms with Crippen molar-refractivity contribution in [3.8, 4) is 0 Å². The van der Waals surface area contributed by atoms with Gasteiger partial charge in [0.25, 0.3) is 0 Å². The van der Waals surface area contributed by atoms with Crippen molar-refractivity contribution in [3.05, 3.63) is 71.8 Å². The first-order valence-electron chi connectivity index (χ1n) is 9.18. The summed E-state index contributed by atoms with van der Waals surface area (Å²) in [5, 5.41) is 3.02. The van der Waals surface area contributed by atoms with Gasteiger partial charge in [-0.05, 0) is 49.7 Å². The lowest BCUT2D eigenvalue weighted by molar-refractivity contribution is 0.147. The van der Waals surface area contributed by atoms with E-state index >= 15 is 0 Å². The highest BCUT2D eigenvalue weighted by Gasteiger charge is 2.15. The Morgan fingerprint density at radius 1 is 0.920 bits per heavy atom. The second-order valence-electron chi connectivity index (χ2n) is 6.62. The van der Waals surface area contributed by atoms with Crippen LogP contribution in [0.1, 0.15) is 37.8 Å². The molecule has 0 unspecified atom stereocenters. The number of hydrogen-bond acceptors (Lipinski definition) is 2. The molecule has 1 N–H and O–H groups in total. The average molecular weight is 339 g/mol. The molecule has 0 heterocycles. The van der Waals surface area contributed by atoms with Gasteiger partial charge in [0.1, 0.15) is 0 Å². The number of carbonyl (C=O) groups is 1. The molecular formula is C22H29NO2. The second-order valence-corrected chi connectivity index (χ2v) is 6.62. The SMILES string of the molecule is CCOC(=O)N[C@H](CC[C@@H](C)Cc1ccccc1)Cc1ccccc1. The third-order valence-corrected chi connectivity index (χ3v) is 4.36. The fourth-order valence-electron chi connectivity index (χ4n) is 3.07. The summed E-state index contributed by atoms with van der Waals surface area (Å²) in [6.07, 6.45) is 3.59. The van der Waals surface area contributed by atoms with Crippen molar-refractivity contribution in [2.45, 2.75) is 45.6 Å². The van der Waals surface area contributed by atoms with Gasteiger partial charge in [0.05, 0.1) is 6.61 Å². The summed E-state index contributed by atoms with van der Waals surface area (Å²) in [4.78, 5) is 11.8. The molecule has 2 aromatic carbocycles. The van der Waals surface area contributed by atoms with Crippen LogP contribution in [0, 0.1) is 5.92 Å². The molecule has 0 radical (unpaired) electrons. The molecule has 2 aromatic rings. The van der Waals surface area contributed by atoms with E-state index in [1.165, 1.54) is 11.1 Å². The maximum absolute atomic E-state index is 11.8. The van der Waals surface area contributed by atoms with Crippen molar-refractivity contribution in [1.82, 2.24) is 5.32 Å². The third kappa shape index (κ3) is 7.42. The molecule has 0 spiro atoms. The first-order chi connectivity index (χ1) is 12.2. The van der Waals surface area contributed by atoms with Crippen LogP contribution in [0.5, 0.6) is 0 Å². The van der Waals surface area contributed by atoms with E-state index in [1.54, 1.807) is 0 Å². The molecule has 0 saturated carbocycles. The standard InChI is InChI=1S/C22H29NO2/c1-3-25-22(24)23-21(17-20-12-8-5-9-13-20)15-14-18(2)16-19-10-6-4-7-11-19/h4-13,18,21H,3,14-17H2,1-2H3,(H,23,24)/t18-,21-/m1/s1. The lowest BCUT2D eigenvalue weighted by Gasteiger charge is -2.21. The summed E-state index contributed by atoms with van der Waals surface area (Å²) in [6, 6.07) is 21.0. The van der Waals surface area contributed by atoms with Gasteiger partial charge in [-0.3, -0.25) is 0 Å². The Bertz CT molecular complexity index is 612. The molecule has 0 fully saturated rings. The molecule has 0 saturated heterocycles. The quantitative estimate of drug-likeness (QED) is 0.698. The Morgan fingerprint density at radius 2 is 1.48 bits per heavy atom. The van der Waals surface area contributed by atoms with Gasteiger partial charge < -0.3 is 10.1 Å². The molecule has 0 aromatic heterocycles. The van der Waals surface area contributed by atoms with Gasteiger partial charge >= 0.3 is 6.09 Å². The second kappa shape index (κ2) is 10.5. The molecule has 0 aliphatic rings. The number of amides is 1. The number of rotatable bonds is 9. The fourth-order valence-corrected chi connectivity index (χ4v) is 3.07. The Hall–Kier alpha value is -2.29. The minimum Gasteiger partial charge on any atom is -0.450 e. The van der Waals surface area contributed by atoms with Crippen molar-refractivity contribution in [2.24, 2.45) is 5.92 Å². The van der Waals surface area contributed by atoms with E-state index in [1.807, 2.05) is 31.2 Å². The van der Waals surface area contributed by atoms with Gasteiger partial charge in [0.2, 0.25) is 0 Å². The molecule has 2 atom stereocenters. The van der Waals surface area contributed by atoms with Crippen LogP contribution in [0.15, 0.2) is 60.7 Å². The van der Waals surface area contributed by atoms with Gasteiger partial charge in [-0.25, -0.2) is 4.79 Å². The van der Waals surface area contributed by atoms with Crippen molar-refractivity contribution in [2.75, 3.05) is 6.61 Å². The number of alkyl carbamates (subject to hydrolysis) is 1. The normalized spacial score (nSPS) is 13.0. The van der Waals surface area contributed by atoms with Crippen LogP contribution in [0.25, 0.3) is 0 Å². The summed E-state index contributed by atoms with van der Waals surface area (Å²) in [5.74, 6) is 0.574. The van der Waals surface area contributed by atoms with Gasteiger partial charge in [0, 0.05) is 6.04 Å². The van der Waals surface area contributed by atoms with Gasteiger partial charge in [0.15, 0.2) is 0 Å². The van der Waals surface area contributed by atoms with Crippen LogP contribution in [0.2, 0.25) is 0 Å². The zero-order valence-electron chi connectivity index (χ0n) is 15.3. The molecule has 25 heavy (non-hydrogen) atoms. The predicted octanol–water partition coefficient (Wildman–Crippen LogP) is 5.00. The largest absolute Gasteiger partial charge is 0.450 e. The van der Waals surface area contributed by atoms with Crippen LogP contribution in [-0.4, -0.2) is 18.7 Å². The van der Waals surface area contributed by atoms with E-state index < -0.39 is 0 Å². The Labute approximate surface area is 151 Å². The molecule has 3 heteroatoms. The minimum atomic E-state index is -0.320. The van der Waals surface area contributed by atoms with E-state index in [9.17, 15) is 4.79 Å². The summed E-state index contributed by atoms with van der Waals surface area (Å²) in [7, 11) is 0. The zero-order valence-corrected chi connectivity index (χ0v) is 15.3. The molecule has 2 rings (SSSR count). The Balaban J connectivity index is 1.89. The third-order valence-electron chi connectivity index (χ3n) is 4.36. The van der Waals surface area contributed by atoms with Crippen LogP contribution in [0.3, 0.4) is 0 Å². The van der Waals surface area contributed by atoms with Crippen LogP contribution < -0.4 is 5.32 Å². The number of nitrogens with one attached hydrogen (secondary N) is 1. The molecule has 3 nitrogen and oxygen atoms in total. The Kier molecular flexibility index (Phi) is 8.03. The van der Waals surface area contributed by atoms with Gasteiger partial charge in [-0.15, -0.1) is 0 Å². The first kappa shape index (κ1) is 19.0. The summed E-state index contributed by atoms with van der Waals surface area (Å²) in [5.41, 5.74) is 2.60. The predicted molar refractivity (Wildman–Crippen MR) is 103 cm³/mol. The maximum Gasteiger partial charge on any atom is 0.407 e. The zero-order chi connectivity index (χ0) is 17.9. The van der Waals surface area contributed by atoms with Gasteiger partial charge in [-0.2, -0.15) is 0 Å². The highest BCUT2D eigenvalue weighted by molar-refractivity contribution is 5.67. The number of carbonyl (C=O) groups excluding carboxylic acids is 1. The molecule has 0 aliphatic heterocycles. The van der Waals surface area contributed by atoms with Crippen LogP contribution in [0.4, 0.5) is 4.79 Å². The van der Waals surface area contributed by atoms with Crippen LogP contribution >= 0.6 is 0 Å². The van der Waals surface area contributed by atoms with E-state index in [-0.39, 0.29) is 12.1 Å². The van der Waals surface area contributed by atoms with E-state index in [2.05, 4.69) is 48.6 Å². The molecule has 0 aliphatic carbocycles. The lowest BCUT2D eigenvalue weighted by Crippen LogP contribution is -2.37. The van der Waals surface area contributed by atoms with Crippen molar-refractivity contribution < 1.29 is 9.53 Å². The highest BCUT2D eigenvalue weighted by atomic mass is 16.5. The minimum absolute atomic E-state index is 0.0969. The van der Waals surface area contributed by atoms with E-state index in [4.69, 9.17) is 4.74 Å².